The number of nitrogens with one attached hydrogen (secondary N) is 1. The molecule has 3 rings (SSSR count). The summed E-state index contributed by atoms with van der Waals surface area (Å²) in [5, 5.41) is 3.58. The minimum atomic E-state index is -0.511. The molecule has 3 N–H and O–H groups in total. The van der Waals surface area contributed by atoms with Crippen LogP contribution in [0.5, 0.6) is 11.5 Å². The van der Waals surface area contributed by atoms with Crippen LogP contribution in [-0.2, 0) is 6.42 Å². The van der Waals surface area contributed by atoms with Gasteiger partial charge in [-0.05, 0) is 41.9 Å². The van der Waals surface area contributed by atoms with Gasteiger partial charge in [-0.1, -0.05) is 24.3 Å². The Bertz CT molecular complexity index is 800. The van der Waals surface area contributed by atoms with Crippen LogP contribution in [-0.4, -0.2) is 25.9 Å². The minimum Gasteiger partial charge on any atom is -0.491 e. The van der Waals surface area contributed by atoms with Crippen molar-refractivity contribution in [2.75, 3.05) is 25.7 Å². The molecule has 0 saturated heterocycles. The van der Waals surface area contributed by atoms with Crippen molar-refractivity contribution in [3.63, 3.8) is 0 Å². The summed E-state index contributed by atoms with van der Waals surface area (Å²) in [6.45, 7) is 0.779. The Hall–Kier alpha value is -2.38. The van der Waals surface area contributed by atoms with Crippen LogP contribution in [0.15, 0.2) is 36.4 Å². The van der Waals surface area contributed by atoms with E-state index in [1.54, 1.807) is 11.0 Å². The normalized spacial score (nSPS) is 16.0. The molecule has 1 aliphatic heterocycles. The second-order valence-corrected chi connectivity index (χ2v) is 6.06. The van der Waals surface area contributed by atoms with E-state index in [9.17, 15) is 4.39 Å². The van der Waals surface area contributed by atoms with Crippen molar-refractivity contribution < 1.29 is 13.9 Å². The number of ether oxygens (including phenoxy) is 2. The molecule has 0 amide bonds. The van der Waals surface area contributed by atoms with Crippen LogP contribution in [0.3, 0.4) is 0 Å². The molecule has 0 spiro atoms. The maximum Gasteiger partial charge on any atom is 0.199 e. The predicted octanol–water partition coefficient (Wildman–Crippen LogP) is 2.74. The average molecular weight is 361 g/mol. The third-order valence-corrected chi connectivity index (χ3v) is 4.49. The highest BCUT2D eigenvalue weighted by molar-refractivity contribution is 7.80. The quantitative estimate of drug-likeness (QED) is 0.817. The Balaban J connectivity index is 2.15. The molecule has 1 atom stereocenters. The summed E-state index contributed by atoms with van der Waals surface area (Å²) in [6, 6.07) is 11.0. The summed E-state index contributed by atoms with van der Waals surface area (Å²) in [5.74, 6) is -0.242. The van der Waals surface area contributed by atoms with Crippen LogP contribution < -0.4 is 25.4 Å². The van der Waals surface area contributed by atoms with Crippen LogP contribution >= 0.6 is 12.2 Å². The van der Waals surface area contributed by atoms with E-state index in [1.165, 1.54) is 25.8 Å². The number of nitrogens with two attached hydrogens (primary N) is 1. The molecular formula is C18H20FN3O2S. The van der Waals surface area contributed by atoms with Crippen LogP contribution in [0.1, 0.15) is 17.3 Å². The zero-order valence-electron chi connectivity index (χ0n) is 14.1. The number of anilines is 1. The number of rotatable bonds is 4. The van der Waals surface area contributed by atoms with Gasteiger partial charge in [0.1, 0.15) is 6.17 Å². The van der Waals surface area contributed by atoms with Crippen molar-refractivity contribution in [2.45, 2.75) is 12.6 Å². The first-order chi connectivity index (χ1) is 12.1. The molecule has 25 heavy (non-hydrogen) atoms. The topological polar surface area (TPSA) is 59.8 Å². The standard InChI is InChI=1S/C18H20FN3O2S/c1-23-15-13(19)7-8-14(16(15)24-2)22(18(20)25)17-12-6-4-3-5-11(12)9-10-21-17/h3-8,17,21H,9-10H2,1-2H3,(H2,20,25). The molecule has 0 fully saturated rings. The molecule has 1 aliphatic rings. The lowest BCUT2D eigenvalue weighted by Crippen LogP contribution is -2.48. The molecule has 0 bridgehead atoms. The highest BCUT2D eigenvalue weighted by Crippen LogP contribution is 2.42. The lowest BCUT2D eigenvalue weighted by molar-refractivity contribution is 0.337. The van der Waals surface area contributed by atoms with Crippen molar-refractivity contribution in [3.05, 3.63) is 53.3 Å². The Morgan fingerprint density at radius 1 is 1.20 bits per heavy atom. The molecule has 1 unspecified atom stereocenters. The van der Waals surface area contributed by atoms with Gasteiger partial charge in [-0.2, -0.15) is 0 Å². The molecule has 7 heteroatoms. The van der Waals surface area contributed by atoms with Gasteiger partial charge in [0.25, 0.3) is 0 Å². The number of hydrogen-bond acceptors (Lipinski definition) is 4. The van der Waals surface area contributed by atoms with Crippen LogP contribution in [0.2, 0.25) is 0 Å². The fourth-order valence-corrected chi connectivity index (χ4v) is 3.41. The van der Waals surface area contributed by atoms with Gasteiger partial charge >= 0.3 is 0 Å². The summed E-state index contributed by atoms with van der Waals surface area (Å²) in [4.78, 5) is 1.73. The average Bonchev–Trinajstić information content (AvgIpc) is 2.62. The van der Waals surface area contributed by atoms with Gasteiger partial charge in [-0.15, -0.1) is 0 Å². The van der Waals surface area contributed by atoms with E-state index in [0.29, 0.717) is 5.69 Å². The molecule has 132 valence electrons. The fourth-order valence-electron chi connectivity index (χ4n) is 3.20. The monoisotopic (exact) mass is 361 g/mol. The SMILES string of the molecule is COc1c(F)ccc(N(C(N)=S)C2NCCc3ccccc32)c1OC. The van der Waals surface area contributed by atoms with E-state index >= 15 is 0 Å². The van der Waals surface area contributed by atoms with Crippen molar-refractivity contribution >= 4 is 23.0 Å². The van der Waals surface area contributed by atoms with Crippen LogP contribution in [0.25, 0.3) is 0 Å². The summed E-state index contributed by atoms with van der Waals surface area (Å²) in [6.07, 6.45) is 0.647. The number of hydrogen-bond donors (Lipinski definition) is 2. The van der Waals surface area contributed by atoms with E-state index in [2.05, 4.69) is 11.4 Å². The molecule has 0 radical (unpaired) electrons. The van der Waals surface area contributed by atoms with Gasteiger partial charge < -0.3 is 15.2 Å². The summed E-state index contributed by atoms with van der Waals surface area (Å²) in [5.41, 5.74) is 8.88. The van der Waals surface area contributed by atoms with E-state index in [-0.39, 0.29) is 22.8 Å². The first-order valence-electron chi connectivity index (χ1n) is 7.88. The van der Waals surface area contributed by atoms with E-state index in [4.69, 9.17) is 27.4 Å². The second kappa shape index (κ2) is 7.25. The fraction of sp³-hybridized carbons (Fsp3) is 0.278. The molecule has 0 aromatic heterocycles. The second-order valence-electron chi connectivity index (χ2n) is 5.65. The van der Waals surface area contributed by atoms with E-state index in [1.807, 2.05) is 18.2 Å². The molecule has 0 aliphatic carbocycles. The summed E-state index contributed by atoms with van der Waals surface area (Å²) < 4.78 is 24.6. The van der Waals surface area contributed by atoms with Gasteiger partial charge in [-0.25, -0.2) is 4.39 Å². The highest BCUT2D eigenvalue weighted by atomic mass is 32.1. The van der Waals surface area contributed by atoms with E-state index in [0.717, 1.165) is 18.5 Å². The lowest BCUT2D eigenvalue weighted by Gasteiger charge is -2.37. The summed E-state index contributed by atoms with van der Waals surface area (Å²) >= 11 is 5.30. The first-order valence-corrected chi connectivity index (χ1v) is 8.29. The highest BCUT2D eigenvalue weighted by Gasteiger charge is 2.31. The zero-order chi connectivity index (χ0) is 18.0. The van der Waals surface area contributed by atoms with Crippen LogP contribution in [0, 0.1) is 5.82 Å². The van der Waals surface area contributed by atoms with Crippen molar-refractivity contribution in [3.8, 4) is 11.5 Å². The largest absolute Gasteiger partial charge is 0.491 e. The lowest BCUT2D eigenvalue weighted by atomic mass is 9.97. The van der Waals surface area contributed by atoms with Crippen molar-refractivity contribution in [1.82, 2.24) is 5.32 Å². The van der Waals surface area contributed by atoms with Crippen molar-refractivity contribution in [1.29, 1.82) is 0 Å². The number of fused-ring (bicyclic) bond motifs is 1. The number of thiocarbonyl (C=S) groups is 1. The molecule has 0 saturated carbocycles. The van der Waals surface area contributed by atoms with Gasteiger partial charge in [0, 0.05) is 6.54 Å². The number of halogens is 1. The maximum absolute atomic E-state index is 14.1. The Morgan fingerprint density at radius 2 is 1.92 bits per heavy atom. The molecule has 1 heterocycles. The van der Waals surface area contributed by atoms with Crippen molar-refractivity contribution in [2.24, 2.45) is 5.73 Å². The molecule has 2 aromatic rings. The molecular weight excluding hydrogens is 341 g/mol. The summed E-state index contributed by atoms with van der Waals surface area (Å²) in [7, 11) is 2.85. The first kappa shape index (κ1) is 17.4. The third kappa shape index (κ3) is 3.12. The third-order valence-electron chi connectivity index (χ3n) is 4.29. The number of methoxy groups -OCH3 is 2. The number of nitrogens with zero attached hydrogens (tertiary/aromatic N) is 1. The Morgan fingerprint density at radius 3 is 2.60 bits per heavy atom. The number of benzene rings is 2. The maximum atomic E-state index is 14.1. The molecule has 5 nitrogen and oxygen atoms in total. The Labute approximate surface area is 151 Å². The van der Waals surface area contributed by atoms with Gasteiger partial charge in [-0.3, -0.25) is 10.2 Å². The van der Waals surface area contributed by atoms with Gasteiger partial charge in [0.05, 0.1) is 19.9 Å². The Kier molecular flexibility index (Phi) is 5.06. The van der Waals surface area contributed by atoms with Crippen LogP contribution in [0.4, 0.5) is 10.1 Å². The van der Waals surface area contributed by atoms with Gasteiger partial charge in [0.2, 0.25) is 0 Å². The minimum absolute atomic E-state index is 0.0188. The zero-order valence-corrected chi connectivity index (χ0v) is 14.9. The molecule has 2 aromatic carbocycles. The predicted molar refractivity (Wildman–Crippen MR) is 99.7 cm³/mol. The van der Waals surface area contributed by atoms with Gasteiger partial charge in [0.15, 0.2) is 22.4 Å². The smallest absolute Gasteiger partial charge is 0.199 e. The van der Waals surface area contributed by atoms with E-state index < -0.39 is 5.82 Å².